The van der Waals surface area contributed by atoms with Gasteiger partial charge in [0.1, 0.15) is 0 Å². The number of alkyl halides is 3. The van der Waals surface area contributed by atoms with Crippen LogP contribution < -0.4 is 0 Å². The van der Waals surface area contributed by atoms with Crippen LogP contribution in [0.15, 0.2) is 29.2 Å². The Bertz CT molecular complexity index is 665. The minimum atomic E-state index is -4.57. The fraction of sp³-hybridized carbons (Fsp3) is 0.600. The highest BCUT2D eigenvalue weighted by Gasteiger charge is 2.47. The molecule has 3 nitrogen and oxygen atoms in total. The molecule has 0 amide bonds. The van der Waals surface area contributed by atoms with Crippen molar-refractivity contribution in [2.45, 2.75) is 55.0 Å². The third kappa shape index (κ3) is 3.15. The molecule has 0 aromatic heterocycles. The second-order valence-electron chi connectivity index (χ2n) is 6.51. The summed E-state index contributed by atoms with van der Waals surface area (Å²) in [6.07, 6.45) is -4.07. The van der Waals surface area contributed by atoms with Gasteiger partial charge in [0.2, 0.25) is 0 Å². The van der Waals surface area contributed by atoms with Crippen molar-refractivity contribution in [2.24, 2.45) is 0 Å². The average Bonchev–Trinajstić information content (AvgIpc) is 2.36. The lowest BCUT2D eigenvalue weighted by molar-refractivity contribution is -0.137. The summed E-state index contributed by atoms with van der Waals surface area (Å²) in [5.74, 6) is 0. The number of hydrogen-bond acceptors (Lipinski definition) is 3. The van der Waals surface area contributed by atoms with Crippen LogP contribution in [0.1, 0.15) is 39.2 Å². The number of hydrogen-bond donors (Lipinski definition) is 0. The third-order valence-corrected chi connectivity index (χ3v) is 6.56. The summed E-state index contributed by atoms with van der Waals surface area (Å²) in [5.41, 5.74) is -1.58. The predicted octanol–water partition coefficient (Wildman–Crippen LogP) is 3.83. The topological polar surface area (TPSA) is 43.4 Å². The summed E-state index contributed by atoms with van der Waals surface area (Å²) in [4.78, 5) is -0.289. The van der Waals surface area contributed by atoms with Crippen molar-refractivity contribution in [1.82, 2.24) is 0 Å². The second-order valence-corrected chi connectivity index (χ2v) is 8.98. The van der Waals surface area contributed by atoms with E-state index < -0.39 is 31.9 Å². The monoisotopic (exact) mass is 336 g/mol. The Labute approximate surface area is 128 Å². The molecule has 0 bridgehead atoms. The lowest BCUT2D eigenvalue weighted by Gasteiger charge is -2.42. The minimum absolute atomic E-state index is 0.235. The van der Waals surface area contributed by atoms with E-state index in [0.29, 0.717) is 6.07 Å². The Morgan fingerprint density at radius 3 is 2.36 bits per heavy atom. The van der Waals surface area contributed by atoms with Crippen LogP contribution in [0, 0.1) is 0 Å². The molecule has 0 radical (unpaired) electrons. The highest BCUT2D eigenvalue weighted by Crippen LogP contribution is 2.41. The molecule has 0 aliphatic carbocycles. The minimum Gasteiger partial charge on any atom is -0.375 e. The maximum atomic E-state index is 12.9. The lowest BCUT2D eigenvalue weighted by atomic mass is 9.89. The molecule has 0 N–H and O–H groups in total. The number of benzene rings is 1. The molecule has 1 unspecified atom stereocenters. The molecule has 1 aromatic carbocycles. The first-order valence-corrected chi connectivity index (χ1v) is 8.42. The standard InChI is InChI=1S/C15H19F3O3S/c1-13(2)10-14(3,7-8-21-13)22(19,20)12-6-4-5-11(9-12)15(16,17)18/h4-6,9H,7-8,10H2,1-3H3. The van der Waals surface area contributed by atoms with Crippen molar-refractivity contribution < 1.29 is 26.3 Å². The van der Waals surface area contributed by atoms with Gasteiger partial charge in [-0.15, -0.1) is 0 Å². The van der Waals surface area contributed by atoms with E-state index >= 15 is 0 Å². The van der Waals surface area contributed by atoms with E-state index in [1.54, 1.807) is 20.8 Å². The maximum Gasteiger partial charge on any atom is 0.416 e. The summed E-state index contributed by atoms with van der Waals surface area (Å²) in [5, 5.41) is 0. The van der Waals surface area contributed by atoms with Crippen LogP contribution in [0.25, 0.3) is 0 Å². The van der Waals surface area contributed by atoms with Gasteiger partial charge in [-0.25, -0.2) is 8.42 Å². The highest BCUT2D eigenvalue weighted by atomic mass is 32.2. The molecule has 1 aliphatic rings. The zero-order valence-electron chi connectivity index (χ0n) is 12.7. The molecule has 1 atom stereocenters. The molecule has 0 saturated carbocycles. The summed E-state index contributed by atoms with van der Waals surface area (Å²) >= 11 is 0. The molecule has 7 heteroatoms. The van der Waals surface area contributed by atoms with E-state index in [2.05, 4.69) is 0 Å². The van der Waals surface area contributed by atoms with Crippen molar-refractivity contribution in [3.8, 4) is 0 Å². The van der Waals surface area contributed by atoms with Crippen molar-refractivity contribution in [2.75, 3.05) is 6.61 Å². The van der Waals surface area contributed by atoms with Crippen molar-refractivity contribution in [3.63, 3.8) is 0 Å². The zero-order valence-corrected chi connectivity index (χ0v) is 13.5. The van der Waals surface area contributed by atoms with Gasteiger partial charge in [0, 0.05) is 6.61 Å². The van der Waals surface area contributed by atoms with Gasteiger partial charge < -0.3 is 4.74 Å². The maximum absolute atomic E-state index is 12.9. The molecular formula is C15H19F3O3S. The first-order valence-electron chi connectivity index (χ1n) is 6.93. The third-order valence-electron chi connectivity index (χ3n) is 4.04. The molecule has 2 rings (SSSR count). The second kappa shape index (κ2) is 5.23. The summed E-state index contributed by atoms with van der Waals surface area (Å²) in [7, 11) is -3.90. The Morgan fingerprint density at radius 1 is 1.18 bits per heavy atom. The van der Waals surface area contributed by atoms with Gasteiger partial charge in [-0.1, -0.05) is 6.07 Å². The first-order chi connectivity index (χ1) is 9.87. The molecular weight excluding hydrogens is 317 g/mol. The Hall–Kier alpha value is -1.08. The van der Waals surface area contributed by atoms with Gasteiger partial charge in [0.15, 0.2) is 9.84 Å². The van der Waals surface area contributed by atoms with Gasteiger partial charge in [-0.3, -0.25) is 0 Å². The number of sulfone groups is 1. The fourth-order valence-corrected chi connectivity index (χ4v) is 4.94. The van der Waals surface area contributed by atoms with Gasteiger partial charge in [-0.05, 0) is 51.8 Å². The summed E-state index contributed by atoms with van der Waals surface area (Å²) in [6.45, 7) is 5.41. The molecule has 1 aromatic rings. The average molecular weight is 336 g/mol. The van der Waals surface area contributed by atoms with E-state index in [-0.39, 0.29) is 24.3 Å². The number of rotatable bonds is 2. The van der Waals surface area contributed by atoms with Crippen molar-refractivity contribution in [1.29, 1.82) is 0 Å². The molecule has 1 aliphatic heterocycles. The van der Waals surface area contributed by atoms with Gasteiger partial charge >= 0.3 is 6.18 Å². The van der Waals surface area contributed by atoms with E-state index in [1.165, 1.54) is 6.07 Å². The Balaban J connectivity index is 2.47. The smallest absolute Gasteiger partial charge is 0.375 e. The molecule has 0 spiro atoms. The zero-order chi connectivity index (χ0) is 16.8. The molecule has 124 valence electrons. The molecule has 1 heterocycles. The Morgan fingerprint density at radius 2 is 1.82 bits per heavy atom. The van der Waals surface area contributed by atoms with Crippen LogP contribution in [-0.2, 0) is 20.8 Å². The SMILES string of the molecule is CC1(C)CC(C)(S(=O)(=O)c2cccc(C(F)(F)F)c2)CCO1. The highest BCUT2D eigenvalue weighted by molar-refractivity contribution is 7.92. The van der Waals surface area contributed by atoms with Crippen LogP contribution in [0.5, 0.6) is 0 Å². The summed E-state index contributed by atoms with van der Waals surface area (Å²) < 4.78 is 68.5. The van der Waals surface area contributed by atoms with Crippen molar-refractivity contribution in [3.05, 3.63) is 29.8 Å². The van der Waals surface area contributed by atoms with Crippen LogP contribution in [-0.4, -0.2) is 25.4 Å². The fourth-order valence-electron chi connectivity index (χ4n) is 2.94. The molecule has 1 saturated heterocycles. The summed E-state index contributed by atoms with van der Waals surface area (Å²) in [6, 6.07) is 3.93. The number of halogens is 3. The van der Waals surface area contributed by atoms with E-state index in [9.17, 15) is 21.6 Å². The number of ether oxygens (including phenoxy) is 1. The Kier molecular flexibility index (Phi) is 4.11. The van der Waals surface area contributed by atoms with Crippen LogP contribution in [0.3, 0.4) is 0 Å². The van der Waals surface area contributed by atoms with Crippen LogP contribution >= 0.6 is 0 Å². The normalized spacial score (nSPS) is 25.9. The van der Waals surface area contributed by atoms with E-state index in [0.717, 1.165) is 12.1 Å². The quantitative estimate of drug-likeness (QED) is 0.824. The largest absolute Gasteiger partial charge is 0.416 e. The predicted molar refractivity (Wildman–Crippen MR) is 76.3 cm³/mol. The van der Waals surface area contributed by atoms with Gasteiger partial charge in [-0.2, -0.15) is 13.2 Å². The van der Waals surface area contributed by atoms with E-state index in [4.69, 9.17) is 4.74 Å². The van der Waals surface area contributed by atoms with E-state index in [1.807, 2.05) is 0 Å². The van der Waals surface area contributed by atoms with Gasteiger partial charge in [0.25, 0.3) is 0 Å². The van der Waals surface area contributed by atoms with Gasteiger partial charge in [0.05, 0.1) is 20.8 Å². The lowest BCUT2D eigenvalue weighted by Crippen LogP contribution is -2.48. The first kappa shape index (κ1) is 17.3. The molecule has 22 heavy (non-hydrogen) atoms. The van der Waals surface area contributed by atoms with Crippen LogP contribution in [0.4, 0.5) is 13.2 Å². The van der Waals surface area contributed by atoms with Crippen LogP contribution in [0.2, 0.25) is 0 Å². The van der Waals surface area contributed by atoms with Crippen molar-refractivity contribution >= 4 is 9.84 Å². The molecule has 1 fully saturated rings.